The number of nitrogens with two attached hydrogens (primary N) is 1. The Bertz CT molecular complexity index is 509. The van der Waals surface area contributed by atoms with Gasteiger partial charge in [-0.25, -0.2) is 0 Å². The van der Waals surface area contributed by atoms with E-state index in [0.29, 0.717) is 6.10 Å². The zero-order valence-electron chi connectivity index (χ0n) is 15.5. The highest BCUT2D eigenvalue weighted by Crippen LogP contribution is 2.30. The number of nitrogens with zero attached hydrogens (tertiary/aromatic N) is 2. The van der Waals surface area contributed by atoms with Crippen molar-refractivity contribution >= 4 is 54.3 Å². The second-order valence-electron chi connectivity index (χ2n) is 6.70. The highest BCUT2D eigenvalue weighted by molar-refractivity contribution is 5.86. The van der Waals surface area contributed by atoms with E-state index in [9.17, 15) is 0 Å². The first-order valence-corrected chi connectivity index (χ1v) is 8.92. The summed E-state index contributed by atoms with van der Waals surface area (Å²) in [6, 6.07) is 6.43. The molecule has 0 amide bonds. The first-order valence-electron chi connectivity index (χ1n) is 8.92. The first kappa shape index (κ1) is 25.4. The van der Waals surface area contributed by atoms with Crippen LogP contribution in [0.4, 0.5) is 17.1 Å². The van der Waals surface area contributed by atoms with Crippen LogP contribution in [0.5, 0.6) is 0 Å². The van der Waals surface area contributed by atoms with Gasteiger partial charge in [0.05, 0.1) is 24.1 Å². The molecule has 3 rings (SSSR count). The van der Waals surface area contributed by atoms with E-state index in [0.717, 1.165) is 51.4 Å². The summed E-state index contributed by atoms with van der Waals surface area (Å²) in [7, 11) is 2.15. The Morgan fingerprint density at radius 1 is 1.19 bits per heavy atom. The molecule has 0 spiro atoms. The normalized spacial score (nSPS) is 19.6. The van der Waals surface area contributed by atoms with Crippen LogP contribution in [0.3, 0.4) is 0 Å². The van der Waals surface area contributed by atoms with Crippen LogP contribution in [-0.2, 0) is 4.74 Å². The van der Waals surface area contributed by atoms with Crippen LogP contribution in [0.1, 0.15) is 25.7 Å². The summed E-state index contributed by atoms with van der Waals surface area (Å²) >= 11 is 0. The average Bonchev–Trinajstić information content (AvgIpc) is 2.62. The lowest BCUT2D eigenvalue weighted by molar-refractivity contribution is 0.0250. The van der Waals surface area contributed by atoms with Gasteiger partial charge in [0.2, 0.25) is 0 Å². The van der Waals surface area contributed by atoms with Crippen molar-refractivity contribution in [1.82, 2.24) is 5.32 Å². The standard InChI is InChI=1S/C18H30N4O.3ClH/c1-21(11-7-16-14-20-8-12-23-16)15-5-6-17(19)18(13-15)22-9-3-2-4-10-22;;;/h5-6,13,16,20H,2-4,7-12,14,19H2,1H3;3*1H. The van der Waals surface area contributed by atoms with Crippen LogP contribution in [0.15, 0.2) is 18.2 Å². The smallest absolute Gasteiger partial charge is 0.0716 e. The molecule has 0 bridgehead atoms. The topological polar surface area (TPSA) is 53.8 Å². The molecular weight excluding hydrogens is 395 g/mol. The molecule has 2 heterocycles. The van der Waals surface area contributed by atoms with E-state index in [1.807, 2.05) is 0 Å². The van der Waals surface area contributed by atoms with Crippen molar-refractivity contribution in [1.29, 1.82) is 0 Å². The van der Waals surface area contributed by atoms with Gasteiger partial charge in [0, 0.05) is 45.5 Å². The summed E-state index contributed by atoms with van der Waals surface area (Å²) in [4.78, 5) is 4.75. The SMILES string of the molecule is CN(CCC1CNCCO1)c1ccc(N)c(N2CCCCC2)c1.Cl.Cl.Cl. The summed E-state index contributed by atoms with van der Waals surface area (Å²) in [5.41, 5.74) is 9.55. The summed E-state index contributed by atoms with van der Waals surface area (Å²) in [5.74, 6) is 0. The Morgan fingerprint density at radius 2 is 1.92 bits per heavy atom. The Kier molecular flexibility index (Phi) is 12.4. The fourth-order valence-electron chi connectivity index (χ4n) is 3.45. The van der Waals surface area contributed by atoms with Crippen molar-refractivity contribution < 1.29 is 4.74 Å². The van der Waals surface area contributed by atoms with Crippen molar-refractivity contribution in [2.24, 2.45) is 0 Å². The molecule has 152 valence electrons. The molecule has 1 atom stereocenters. The molecule has 3 N–H and O–H groups in total. The average molecular weight is 428 g/mol. The van der Waals surface area contributed by atoms with Gasteiger partial charge in [0.15, 0.2) is 0 Å². The van der Waals surface area contributed by atoms with Crippen molar-refractivity contribution in [3.05, 3.63) is 18.2 Å². The number of morpholine rings is 1. The van der Waals surface area contributed by atoms with E-state index in [2.05, 4.69) is 40.4 Å². The number of nitrogens with one attached hydrogen (secondary N) is 1. The number of rotatable bonds is 5. The van der Waals surface area contributed by atoms with Crippen LogP contribution in [0.2, 0.25) is 0 Å². The molecule has 0 aromatic heterocycles. The third-order valence-electron chi connectivity index (χ3n) is 4.94. The number of hydrogen-bond donors (Lipinski definition) is 2. The maximum absolute atomic E-state index is 6.22. The number of ether oxygens (including phenoxy) is 1. The number of benzene rings is 1. The van der Waals surface area contributed by atoms with Gasteiger partial charge in [-0.3, -0.25) is 0 Å². The molecule has 0 aliphatic carbocycles. The Labute approximate surface area is 176 Å². The fraction of sp³-hybridized carbons (Fsp3) is 0.667. The number of piperidine rings is 1. The predicted octanol–water partition coefficient (Wildman–Crippen LogP) is 3.34. The van der Waals surface area contributed by atoms with Crippen LogP contribution in [-0.4, -0.2) is 52.5 Å². The van der Waals surface area contributed by atoms with E-state index in [1.54, 1.807) is 0 Å². The van der Waals surface area contributed by atoms with E-state index < -0.39 is 0 Å². The van der Waals surface area contributed by atoms with Crippen LogP contribution in [0.25, 0.3) is 0 Å². The minimum Gasteiger partial charge on any atom is -0.397 e. The Balaban J connectivity index is 0.00000208. The number of halogens is 3. The van der Waals surface area contributed by atoms with E-state index >= 15 is 0 Å². The van der Waals surface area contributed by atoms with Gasteiger partial charge in [-0.1, -0.05) is 0 Å². The van der Waals surface area contributed by atoms with Gasteiger partial charge in [-0.15, -0.1) is 37.2 Å². The van der Waals surface area contributed by atoms with Gasteiger partial charge in [-0.05, 0) is 43.9 Å². The lowest BCUT2D eigenvalue weighted by Crippen LogP contribution is -2.40. The molecule has 5 nitrogen and oxygen atoms in total. The molecular formula is C18H33Cl3N4O. The van der Waals surface area contributed by atoms with E-state index in [4.69, 9.17) is 10.5 Å². The van der Waals surface area contributed by atoms with Crippen LogP contribution >= 0.6 is 37.2 Å². The monoisotopic (exact) mass is 426 g/mol. The van der Waals surface area contributed by atoms with Crippen molar-refractivity contribution in [3.63, 3.8) is 0 Å². The summed E-state index contributed by atoms with van der Waals surface area (Å²) < 4.78 is 5.78. The van der Waals surface area contributed by atoms with Gasteiger partial charge in [0.1, 0.15) is 0 Å². The maximum Gasteiger partial charge on any atom is 0.0716 e. The molecule has 2 saturated heterocycles. The summed E-state index contributed by atoms with van der Waals surface area (Å²) in [6.07, 6.45) is 5.26. The van der Waals surface area contributed by atoms with Crippen LogP contribution < -0.4 is 20.9 Å². The predicted molar refractivity (Wildman–Crippen MR) is 119 cm³/mol. The molecule has 1 aromatic carbocycles. The van der Waals surface area contributed by atoms with Gasteiger partial charge in [-0.2, -0.15) is 0 Å². The molecule has 1 aromatic rings. The fourth-order valence-corrected chi connectivity index (χ4v) is 3.45. The highest BCUT2D eigenvalue weighted by atomic mass is 35.5. The largest absolute Gasteiger partial charge is 0.397 e. The molecule has 8 heteroatoms. The van der Waals surface area contributed by atoms with Gasteiger partial charge in [0.25, 0.3) is 0 Å². The van der Waals surface area contributed by atoms with Crippen molar-refractivity contribution in [3.8, 4) is 0 Å². The molecule has 2 aliphatic rings. The number of anilines is 3. The van der Waals surface area contributed by atoms with E-state index in [-0.39, 0.29) is 37.2 Å². The first-order chi connectivity index (χ1) is 11.2. The maximum atomic E-state index is 6.22. The van der Waals surface area contributed by atoms with Crippen LogP contribution in [0, 0.1) is 0 Å². The van der Waals surface area contributed by atoms with Gasteiger partial charge >= 0.3 is 0 Å². The lowest BCUT2D eigenvalue weighted by Gasteiger charge is -2.31. The quantitative estimate of drug-likeness (QED) is 0.706. The third kappa shape index (κ3) is 6.86. The Hall–Kier alpha value is -0.590. The minimum atomic E-state index is 0. The zero-order valence-corrected chi connectivity index (χ0v) is 17.9. The molecule has 1 unspecified atom stereocenters. The molecule has 2 fully saturated rings. The van der Waals surface area contributed by atoms with E-state index in [1.165, 1.54) is 30.6 Å². The number of hydrogen-bond acceptors (Lipinski definition) is 5. The second kappa shape index (κ2) is 12.7. The second-order valence-corrected chi connectivity index (χ2v) is 6.70. The van der Waals surface area contributed by atoms with Gasteiger partial charge < -0.3 is 25.6 Å². The lowest BCUT2D eigenvalue weighted by atomic mass is 10.1. The highest BCUT2D eigenvalue weighted by Gasteiger charge is 2.17. The van der Waals surface area contributed by atoms with Crippen molar-refractivity contribution in [2.45, 2.75) is 31.8 Å². The molecule has 2 aliphatic heterocycles. The molecule has 26 heavy (non-hydrogen) atoms. The number of nitrogen functional groups attached to an aromatic ring is 1. The summed E-state index contributed by atoms with van der Waals surface area (Å²) in [5, 5.41) is 3.39. The molecule has 0 radical (unpaired) electrons. The zero-order chi connectivity index (χ0) is 16.1. The van der Waals surface area contributed by atoms with Crippen molar-refractivity contribution in [2.75, 3.05) is 61.9 Å². The third-order valence-corrected chi connectivity index (χ3v) is 4.94. The minimum absolute atomic E-state index is 0. The Morgan fingerprint density at radius 3 is 2.58 bits per heavy atom. The summed E-state index contributed by atoms with van der Waals surface area (Å²) in [6.45, 7) is 6.01. The molecule has 0 saturated carbocycles.